The van der Waals surface area contributed by atoms with Crippen molar-refractivity contribution in [2.45, 2.75) is 37.5 Å². The lowest BCUT2D eigenvalue weighted by molar-refractivity contribution is -0.143. The number of amides is 1. The summed E-state index contributed by atoms with van der Waals surface area (Å²) in [4.78, 5) is 34.1. The monoisotopic (exact) mass is 577 g/mol. The van der Waals surface area contributed by atoms with Crippen molar-refractivity contribution in [1.82, 2.24) is 4.90 Å². The zero-order valence-corrected chi connectivity index (χ0v) is 24.4. The van der Waals surface area contributed by atoms with Crippen LogP contribution >= 0.6 is 0 Å². The molecule has 0 fully saturated rings. The molecule has 8 nitrogen and oxygen atoms in total. The number of carbonyl (C=O) groups excluding carboxylic acids is 2. The minimum atomic E-state index is -1.82. The zero-order valence-electron chi connectivity index (χ0n) is 24.4. The van der Waals surface area contributed by atoms with Crippen LogP contribution in [0.4, 0.5) is 0 Å². The summed E-state index contributed by atoms with van der Waals surface area (Å²) in [6, 6.07) is 36.2. The quantitative estimate of drug-likeness (QED) is 0.0881. The normalized spacial score (nSPS) is 12.3. The summed E-state index contributed by atoms with van der Waals surface area (Å²) in [5.41, 5.74) is 19.5. The number of likely N-dealkylation sites (N-methyl/N-ethyl adjacent to an activating group) is 1. The van der Waals surface area contributed by atoms with Gasteiger partial charge in [-0.2, -0.15) is 0 Å². The fraction of sp³-hybridized carbons (Fsp3) is 0.229. The second-order valence-corrected chi connectivity index (χ2v) is 10.6. The Kier molecular flexibility index (Phi) is 10.7. The molecule has 0 aromatic heterocycles. The van der Waals surface area contributed by atoms with E-state index in [1.807, 2.05) is 115 Å². The van der Waals surface area contributed by atoms with Gasteiger partial charge in [0.05, 0.1) is 5.92 Å². The fourth-order valence-electron chi connectivity index (χ4n) is 5.06. The van der Waals surface area contributed by atoms with Crippen LogP contribution in [0.3, 0.4) is 0 Å². The smallest absolute Gasteiger partial charge is 0.250 e. The van der Waals surface area contributed by atoms with Gasteiger partial charge < -0.3 is 26.8 Å². The molecule has 0 radical (unpaired) electrons. The molecule has 0 saturated carbocycles. The first-order valence-electron chi connectivity index (χ1n) is 14.3. The number of guanidine groups is 1. The molecule has 0 unspecified atom stereocenters. The number of hydrogen-bond acceptors (Lipinski definition) is 5. The van der Waals surface area contributed by atoms with Crippen LogP contribution in [0.5, 0.6) is 5.75 Å². The highest BCUT2D eigenvalue weighted by molar-refractivity contribution is 6.13. The van der Waals surface area contributed by atoms with Crippen molar-refractivity contribution >= 4 is 17.6 Å². The van der Waals surface area contributed by atoms with Gasteiger partial charge in [-0.25, -0.2) is 0 Å². The van der Waals surface area contributed by atoms with E-state index in [-0.39, 0.29) is 31.3 Å². The average molecular weight is 578 g/mol. The van der Waals surface area contributed by atoms with Crippen LogP contribution in [0, 0.1) is 0 Å². The van der Waals surface area contributed by atoms with Crippen LogP contribution in [0.2, 0.25) is 0 Å². The van der Waals surface area contributed by atoms with Gasteiger partial charge in [0.1, 0.15) is 12.4 Å². The maximum atomic E-state index is 14.5. The number of hydrogen-bond donors (Lipinski definition) is 3. The molecule has 0 heterocycles. The van der Waals surface area contributed by atoms with Gasteiger partial charge in [0.25, 0.3) is 0 Å². The van der Waals surface area contributed by atoms with E-state index in [9.17, 15) is 9.59 Å². The Morgan fingerprint density at radius 3 is 1.86 bits per heavy atom. The molecule has 43 heavy (non-hydrogen) atoms. The zero-order chi connectivity index (χ0) is 30.7. The lowest BCUT2D eigenvalue weighted by atomic mass is 9.76. The lowest BCUT2D eigenvalue weighted by Crippen LogP contribution is -2.61. The van der Waals surface area contributed by atoms with E-state index in [2.05, 4.69) is 4.99 Å². The molecule has 1 atom stereocenters. The highest BCUT2D eigenvalue weighted by atomic mass is 16.5. The average Bonchev–Trinajstić information content (AvgIpc) is 3.04. The van der Waals surface area contributed by atoms with Crippen LogP contribution in [-0.4, -0.2) is 41.7 Å². The molecule has 0 aliphatic carbocycles. The number of benzene rings is 4. The van der Waals surface area contributed by atoms with Crippen molar-refractivity contribution in [3.8, 4) is 5.75 Å². The molecule has 4 rings (SSSR count). The molecular weight excluding hydrogens is 538 g/mol. The highest BCUT2D eigenvalue weighted by Gasteiger charge is 2.46. The maximum Gasteiger partial charge on any atom is 0.250 e. The molecule has 1 amide bonds. The number of ketones is 1. The first-order valence-corrected chi connectivity index (χ1v) is 14.3. The third-order valence-corrected chi connectivity index (χ3v) is 7.31. The number of nitrogens with zero attached hydrogens (tertiary/aromatic N) is 2. The van der Waals surface area contributed by atoms with Gasteiger partial charge in [0, 0.05) is 20.1 Å². The second kappa shape index (κ2) is 14.8. The topological polar surface area (TPSA) is 137 Å². The van der Waals surface area contributed by atoms with Gasteiger partial charge in [-0.3, -0.25) is 14.6 Å². The van der Waals surface area contributed by atoms with Crippen LogP contribution < -0.4 is 21.9 Å². The van der Waals surface area contributed by atoms with E-state index >= 15 is 0 Å². The second-order valence-electron chi connectivity index (χ2n) is 10.6. The maximum absolute atomic E-state index is 14.5. The summed E-state index contributed by atoms with van der Waals surface area (Å²) in [5, 5.41) is 0. The molecule has 0 bridgehead atoms. The Morgan fingerprint density at radius 1 is 0.791 bits per heavy atom. The van der Waals surface area contributed by atoms with E-state index in [1.54, 1.807) is 7.05 Å². The Balaban J connectivity index is 1.55. The predicted molar refractivity (Wildman–Crippen MR) is 170 cm³/mol. The van der Waals surface area contributed by atoms with Gasteiger partial charge in [-0.1, -0.05) is 103 Å². The summed E-state index contributed by atoms with van der Waals surface area (Å²) in [6.07, 6.45) is 0.428. The van der Waals surface area contributed by atoms with Crippen molar-refractivity contribution in [2.75, 3.05) is 13.6 Å². The van der Waals surface area contributed by atoms with Crippen molar-refractivity contribution in [2.24, 2.45) is 22.2 Å². The number of rotatable bonds is 14. The first kappa shape index (κ1) is 31.0. The molecule has 0 saturated heterocycles. The Morgan fingerprint density at radius 2 is 1.33 bits per heavy atom. The fourth-order valence-corrected chi connectivity index (χ4v) is 5.06. The van der Waals surface area contributed by atoms with Gasteiger partial charge in [0.15, 0.2) is 17.3 Å². The van der Waals surface area contributed by atoms with Crippen LogP contribution in [0.25, 0.3) is 0 Å². The summed E-state index contributed by atoms with van der Waals surface area (Å²) in [6.45, 7) is 0.969. The molecule has 0 aliphatic rings. The van der Waals surface area contributed by atoms with Crippen molar-refractivity contribution in [3.05, 3.63) is 138 Å². The van der Waals surface area contributed by atoms with Crippen LogP contribution in [0.1, 0.15) is 41.0 Å². The van der Waals surface area contributed by atoms with E-state index in [1.165, 1.54) is 4.90 Å². The van der Waals surface area contributed by atoms with Gasteiger partial charge >= 0.3 is 0 Å². The number of ether oxygens (including phenoxy) is 1. The molecule has 8 heteroatoms. The summed E-state index contributed by atoms with van der Waals surface area (Å²) < 4.78 is 5.89. The van der Waals surface area contributed by atoms with Gasteiger partial charge in [0.2, 0.25) is 5.91 Å². The van der Waals surface area contributed by atoms with Crippen molar-refractivity contribution < 1.29 is 14.3 Å². The van der Waals surface area contributed by atoms with Gasteiger partial charge in [-0.15, -0.1) is 0 Å². The van der Waals surface area contributed by atoms with Crippen molar-refractivity contribution in [1.29, 1.82) is 0 Å². The molecule has 4 aromatic rings. The van der Waals surface area contributed by atoms with Crippen LogP contribution in [-0.2, 0) is 22.7 Å². The standard InChI is InChI=1S/C35H39N5O3/c1-40(24-26-18-20-30(21-19-26)43-25-27-12-5-2-6-13-27)33(42)35(38,22-11-23-39-34(36)37)32(41)31(28-14-7-3-8-15-28)29-16-9-4-10-17-29/h2-10,12-21,31H,11,22-25,38H2,1H3,(H4,36,37,39)/t35-/m1/s1. The number of carbonyl (C=O) groups is 2. The predicted octanol–water partition coefficient (Wildman–Crippen LogP) is 4.38. The number of nitrogens with two attached hydrogens (primary N) is 3. The van der Waals surface area contributed by atoms with Crippen LogP contribution in [0.15, 0.2) is 120 Å². The van der Waals surface area contributed by atoms with E-state index < -0.39 is 17.4 Å². The summed E-state index contributed by atoms with van der Waals surface area (Å²) >= 11 is 0. The lowest BCUT2D eigenvalue weighted by Gasteiger charge is -2.34. The number of Topliss-reactive ketones (excluding diaryl/α,β-unsaturated/α-hetero) is 1. The molecule has 0 aliphatic heterocycles. The molecule has 4 aromatic carbocycles. The highest BCUT2D eigenvalue weighted by Crippen LogP contribution is 2.32. The SMILES string of the molecule is CN(Cc1ccc(OCc2ccccc2)cc1)C(=O)[C@@](N)(CCCN=C(N)N)C(=O)C(c1ccccc1)c1ccccc1. The van der Waals surface area contributed by atoms with Crippen molar-refractivity contribution in [3.63, 3.8) is 0 Å². The summed E-state index contributed by atoms with van der Waals surface area (Å²) in [7, 11) is 1.66. The molecule has 0 spiro atoms. The third kappa shape index (κ3) is 8.30. The van der Waals surface area contributed by atoms with E-state index in [0.29, 0.717) is 13.0 Å². The Hall–Kier alpha value is -4.95. The first-order chi connectivity index (χ1) is 20.8. The Labute approximate surface area is 253 Å². The Bertz CT molecular complexity index is 1450. The minimum Gasteiger partial charge on any atom is -0.489 e. The van der Waals surface area contributed by atoms with E-state index in [0.717, 1.165) is 28.0 Å². The molecular formula is C35H39N5O3. The molecule has 6 N–H and O–H groups in total. The minimum absolute atomic E-state index is 0.0555. The molecule has 222 valence electrons. The van der Waals surface area contributed by atoms with E-state index in [4.69, 9.17) is 21.9 Å². The van der Waals surface area contributed by atoms with Gasteiger partial charge in [-0.05, 0) is 47.2 Å². The third-order valence-electron chi connectivity index (χ3n) is 7.31. The number of aliphatic imine (C=N–C) groups is 1. The summed E-state index contributed by atoms with van der Waals surface area (Å²) in [5.74, 6) is -0.910. The largest absolute Gasteiger partial charge is 0.489 e.